The number of fused-ring (bicyclic) bond motifs is 2. The van der Waals surface area contributed by atoms with E-state index >= 15 is 0 Å². The van der Waals surface area contributed by atoms with Gasteiger partial charge in [-0.1, -0.05) is 51.2 Å². The van der Waals surface area contributed by atoms with Crippen molar-refractivity contribution >= 4 is 33.9 Å². The third-order valence-electron chi connectivity index (χ3n) is 5.84. The average molecular weight is 391 g/mol. The molecule has 142 valence electrons. The zero-order valence-electron chi connectivity index (χ0n) is 16.4. The van der Waals surface area contributed by atoms with Gasteiger partial charge in [-0.2, -0.15) is 0 Å². The molecule has 1 aliphatic carbocycles. The third kappa shape index (κ3) is 3.35. The van der Waals surface area contributed by atoms with Crippen molar-refractivity contribution in [1.29, 1.82) is 0 Å². The summed E-state index contributed by atoms with van der Waals surface area (Å²) in [6.07, 6.45) is 3.94. The van der Waals surface area contributed by atoms with E-state index in [9.17, 15) is 0 Å². The third-order valence-corrected chi connectivity index (χ3v) is 7.69. The molecule has 0 spiro atoms. The summed E-state index contributed by atoms with van der Waals surface area (Å²) < 4.78 is 0. The van der Waals surface area contributed by atoms with E-state index in [2.05, 4.69) is 58.3 Å². The SMILES string of the molecule is CC(C)C1(C2=CSC3=NCCN23)CC1.CC(C)CC1=CSC2=NCCN12. The van der Waals surface area contributed by atoms with Gasteiger partial charge in [0.1, 0.15) is 0 Å². The Hall–Kier alpha value is -0.880. The lowest BCUT2D eigenvalue weighted by Crippen LogP contribution is -2.28. The van der Waals surface area contributed by atoms with E-state index in [-0.39, 0.29) is 0 Å². The number of hydrogen-bond acceptors (Lipinski definition) is 6. The van der Waals surface area contributed by atoms with Crippen LogP contribution in [0.2, 0.25) is 0 Å². The molecule has 0 radical (unpaired) electrons. The van der Waals surface area contributed by atoms with Crippen LogP contribution in [0.1, 0.15) is 47.0 Å². The van der Waals surface area contributed by atoms with Crippen LogP contribution in [-0.4, -0.2) is 46.3 Å². The highest BCUT2D eigenvalue weighted by molar-refractivity contribution is 8.16. The van der Waals surface area contributed by atoms with Crippen LogP contribution in [0.15, 0.2) is 32.2 Å². The molecule has 0 N–H and O–H groups in total. The largest absolute Gasteiger partial charge is 0.322 e. The summed E-state index contributed by atoms with van der Waals surface area (Å²) in [5.41, 5.74) is 3.54. The minimum atomic E-state index is 0.509. The smallest absolute Gasteiger partial charge is 0.167 e. The van der Waals surface area contributed by atoms with Gasteiger partial charge >= 0.3 is 0 Å². The molecule has 0 bridgehead atoms. The fourth-order valence-corrected chi connectivity index (χ4v) is 6.16. The van der Waals surface area contributed by atoms with Crippen LogP contribution in [0.5, 0.6) is 0 Å². The Kier molecular flexibility index (Phi) is 5.17. The number of aliphatic imine (C=N–C) groups is 2. The van der Waals surface area contributed by atoms with Crippen molar-refractivity contribution in [3.05, 3.63) is 22.2 Å². The van der Waals surface area contributed by atoms with Crippen molar-refractivity contribution < 1.29 is 0 Å². The summed E-state index contributed by atoms with van der Waals surface area (Å²) in [6.45, 7) is 13.4. The number of rotatable bonds is 4. The average Bonchev–Trinajstić information content (AvgIpc) is 2.99. The fourth-order valence-electron chi connectivity index (χ4n) is 4.13. The second-order valence-electron chi connectivity index (χ2n) is 8.39. The van der Waals surface area contributed by atoms with Crippen molar-refractivity contribution in [3.8, 4) is 0 Å². The summed E-state index contributed by atoms with van der Waals surface area (Å²) in [6, 6.07) is 0. The van der Waals surface area contributed by atoms with E-state index in [1.165, 1.54) is 35.3 Å². The highest BCUT2D eigenvalue weighted by atomic mass is 32.2. The second-order valence-corrected chi connectivity index (χ2v) is 10.1. The van der Waals surface area contributed by atoms with E-state index in [1.54, 1.807) is 17.5 Å². The second kappa shape index (κ2) is 7.27. The van der Waals surface area contributed by atoms with Crippen LogP contribution in [0.25, 0.3) is 0 Å². The molecule has 6 heteroatoms. The molecule has 0 atom stereocenters. The molecule has 0 aromatic heterocycles. The van der Waals surface area contributed by atoms with E-state index in [0.717, 1.165) is 38.0 Å². The summed E-state index contributed by atoms with van der Waals surface area (Å²) in [7, 11) is 0. The maximum Gasteiger partial charge on any atom is 0.167 e. The monoisotopic (exact) mass is 390 g/mol. The topological polar surface area (TPSA) is 31.2 Å². The molecule has 0 aromatic carbocycles. The molecule has 4 heterocycles. The van der Waals surface area contributed by atoms with Crippen LogP contribution < -0.4 is 0 Å². The first-order valence-electron chi connectivity index (χ1n) is 9.88. The molecule has 0 saturated heterocycles. The van der Waals surface area contributed by atoms with E-state index in [4.69, 9.17) is 0 Å². The first-order chi connectivity index (χ1) is 12.5. The molecule has 4 aliphatic heterocycles. The number of thioether (sulfide) groups is 2. The Labute approximate surface area is 166 Å². The molecular formula is C20H30N4S2. The van der Waals surface area contributed by atoms with Crippen molar-refractivity contribution in [2.45, 2.75) is 47.0 Å². The summed E-state index contributed by atoms with van der Waals surface area (Å²) in [5.74, 6) is 1.52. The van der Waals surface area contributed by atoms with Gasteiger partial charge in [0.2, 0.25) is 0 Å². The Bertz CT molecular complexity index is 686. The van der Waals surface area contributed by atoms with Crippen LogP contribution >= 0.6 is 23.5 Å². The molecule has 1 fully saturated rings. The maximum atomic E-state index is 4.50. The lowest BCUT2D eigenvalue weighted by Gasteiger charge is -2.27. The van der Waals surface area contributed by atoms with Gasteiger partial charge in [-0.15, -0.1) is 0 Å². The van der Waals surface area contributed by atoms with E-state index < -0.39 is 0 Å². The first kappa shape index (κ1) is 18.5. The molecule has 5 rings (SSSR count). The van der Waals surface area contributed by atoms with Gasteiger partial charge in [0, 0.05) is 29.9 Å². The van der Waals surface area contributed by atoms with Crippen molar-refractivity contribution in [1.82, 2.24) is 9.80 Å². The minimum Gasteiger partial charge on any atom is -0.322 e. The predicted molar refractivity (Wildman–Crippen MR) is 115 cm³/mol. The predicted octanol–water partition coefficient (Wildman–Crippen LogP) is 4.97. The van der Waals surface area contributed by atoms with Crippen molar-refractivity contribution in [2.24, 2.45) is 27.2 Å². The molecule has 0 aromatic rings. The Morgan fingerprint density at radius 3 is 2.19 bits per heavy atom. The van der Waals surface area contributed by atoms with Gasteiger partial charge < -0.3 is 9.80 Å². The first-order valence-corrected chi connectivity index (χ1v) is 11.6. The van der Waals surface area contributed by atoms with Crippen LogP contribution in [0, 0.1) is 17.3 Å². The van der Waals surface area contributed by atoms with Crippen LogP contribution in [0.4, 0.5) is 0 Å². The maximum absolute atomic E-state index is 4.50. The molecule has 0 amide bonds. The highest BCUT2D eigenvalue weighted by Crippen LogP contribution is 2.60. The Morgan fingerprint density at radius 2 is 1.58 bits per heavy atom. The summed E-state index contributed by atoms with van der Waals surface area (Å²) in [5, 5.41) is 7.04. The van der Waals surface area contributed by atoms with Gasteiger partial charge in [-0.05, 0) is 41.9 Å². The number of allylic oxidation sites excluding steroid dienone is 2. The Morgan fingerprint density at radius 1 is 0.962 bits per heavy atom. The van der Waals surface area contributed by atoms with Gasteiger partial charge in [0.15, 0.2) is 10.3 Å². The molecule has 5 aliphatic rings. The van der Waals surface area contributed by atoms with Crippen molar-refractivity contribution in [2.75, 3.05) is 26.2 Å². The minimum absolute atomic E-state index is 0.509. The number of nitrogens with zero attached hydrogens (tertiary/aromatic N) is 4. The van der Waals surface area contributed by atoms with Gasteiger partial charge in [0.25, 0.3) is 0 Å². The van der Waals surface area contributed by atoms with Crippen LogP contribution in [0.3, 0.4) is 0 Å². The molecule has 26 heavy (non-hydrogen) atoms. The summed E-state index contributed by atoms with van der Waals surface area (Å²) in [4.78, 5) is 13.7. The normalized spacial score (nSPS) is 24.8. The standard InChI is InChI=1S/C11H16N2S.C9H14N2S/c1-8(2)11(3-4-11)9-7-14-10-12-5-6-13(9)10;1-7(2)5-8-6-12-9-10-3-4-11(8)9/h7-8H,3-6H2,1-2H3;6-7H,3-5H2,1-2H3. The van der Waals surface area contributed by atoms with Crippen LogP contribution in [-0.2, 0) is 0 Å². The van der Waals surface area contributed by atoms with Gasteiger partial charge in [0.05, 0.1) is 13.1 Å². The lowest BCUT2D eigenvalue weighted by atomic mass is 9.89. The van der Waals surface area contributed by atoms with Crippen molar-refractivity contribution in [3.63, 3.8) is 0 Å². The fraction of sp³-hybridized carbons (Fsp3) is 0.700. The molecular weight excluding hydrogens is 360 g/mol. The quantitative estimate of drug-likeness (QED) is 0.678. The molecule has 4 nitrogen and oxygen atoms in total. The number of hydrogen-bond donors (Lipinski definition) is 0. The Balaban J connectivity index is 0.000000131. The molecule has 0 unspecified atom stereocenters. The zero-order chi connectivity index (χ0) is 18.3. The van der Waals surface area contributed by atoms with E-state index in [0.29, 0.717) is 5.41 Å². The lowest BCUT2D eigenvalue weighted by molar-refractivity contribution is 0.350. The van der Waals surface area contributed by atoms with Gasteiger partial charge in [-0.3, -0.25) is 9.98 Å². The van der Waals surface area contributed by atoms with E-state index in [1.807, 2.05) is 11.8 Å². The number of amidine groups is 2. The highest BCUT2D eigenvalue weighted by Gasteiger charge is 2.52. The zero-order valence-corrected chi connectivity index (χ0v) is 18.0. The molecule has 1 saturated carbocycles. The van der Waals surface area contributed by atoms with Gasteiger partial charge in [-0.25, -0.2) is 0 Å². The summed E-state index contributed by atoms with van der Waals surface area (Å²) >= 11 is 3.60.